The van der Waals surface area contributed by atoms with Crippen molar-refractivity contribution in [2.75, 3.05) is 12.0 Å². The van der Waals surface area contributed by atoms with E-state index in [1.807, 2.05) is 0 Å². The van der Waals surface area contributed by atoms with Gasteiger partial charge in [-0.25, -0.2) is 0 Å². The highest BCUT2D eigenvalue weighted by Gasteiger charge is 2.48. The largest absolute Gasteiger partial charge is 0.507 e. The van der Waals surface area contributed by atoms with Crippen LogP contribution in [0.15, 0.2) is 58.4 Å². The minimum atomic E-state index is -0.862. The number of aliphatic hydroxyl groups is 1. The molecule has 1 amide bonds. The molecule has 1 atom stereocenters. The van der Waals surface area contributed by atoms with E-state index < -0.39 is 17.7 Å². The van der Waals surface area contributed by atoms with Crippen LogP contribution >= 0.6 is 11.3 Å². The summed E-state index contributed by atoms with van der Waals surface area (Å²) in [6.45, 7) is 0. The molecule has 0 saturated carbocycles. The molecular weight excluding hydrogens is 370 g/mol. The molecule has 1 aliphatic rings. The number of benzene rings is 1. The Balaban J connectivity index is 1.88. The summed E-state index contributed by atoms with van der Waals surface area (Å²) in [5.74, 6) is -1.26. The fourth-order valence-electron chi connectivity index (χ4n) is 2.95. The Morgan fingerprint density at radius 3 is 2.63 bits per heavy atom. The Morgan fingerprint density at radius 1 is 1.26 bits per heavy atom. The van der Waals surface area contributed by atoms with Gasteiger partial charge in [0.1, 0.15) is 23.1 Å². The van der Waals surface area contributed by atoms with Gasteiger partial charge >= 0.3 is 5.91 Å². The van der Waals surface area contributed by atoms with Gasteiger partial charge in [0, 0.05) is 11.1 Å². The number of furan rings is 1. The van der Waals surface area contributed by atoms with Crippen molar-refractivity contribution in [1.82, 2.24) is 10.2 Å². The van der Waals surface area contributed by atoms with Crippen molar-refractivity contribution < 1.29 is 23.8 Å². The normalized spacial score (nSPS) is 18.9. The maximum absolute atomic E-state index is 12.7. The average Bonchev–Trinajstić information content (AvgIpc) is 3.43. The second-order valence-corrected chi connectivity index (χ2v) is 6.49. The van der Waals surface area contributed by atoms with Gasteiger partial charge in [0.15, 0.2) is 0 Å². The van der Waals surface area contributed by atoms with Gasteiger partial charge in [-0.2, -0.15) is 0 Å². The highest BCUT2D eigenvalue weighted by atomic mass is 32.1. The van der Waals surface area contributed by atoms with Crippen molar-refractivity contribution in [3.8, 4) is 5.75 Å². The zero-order valence-electron chi connectivity index (χ0n) is 14.0. The van der Waals surface area contributed by atoms with Crippen molar-refractivity contribution in [2.24, 2.45) is 0 Å². The number of anilines is 1. The molecule has 3 aromatic rings. The van der Waals surface area contributed by atoms with E-state index in [0.717, 1.165) is 11.3 Å². The van der Waals surface area contributed by atoms with Gasteiger partial charge in [-0.1, -0.05) is 11.3 Å². The number of Topliss-reactive ketones (excluding diaryl/α,β-unsaturated/α-hetero) is 1. The number of carbonyl (C=O) groups excluding carboxylic acids is 2. The van der Waals surface area contributed by atoms with Gasteiger partial charge in [-0.3, -0.25) is 14.5 Å². The summed E-state index contributed by atoms with van der Waals surface area (Å²) in [5, 5.41) is 18.7. The smallest absolute Gasteiger partial charge is 0.301 e. The fraction of sp³-hybridized carbons (Fsp3) is 0.111. The van der Waals surface area contributed by atoms with Crippen LogP contribution in [0.4, 0.5) is 5.13 Å². The van der Waals surface area contributed by atoms with E-state index in [-0.39, 0.29) is 16.5 Å². The molecule has 1 fully saturated rings. The standard InChI is InChI=1S/C18H13N3O5S/c1-25-12-4-2-10(3-5-12)15(22)13-14(11-6-7-26-8-11)21(17(24)16(13)23)18-20-19-9-27-18/h2-9,14,22H,1H3/b15-13+. The molecule has 27 heavy (non-hydrogen) atoms. The lowest BCUT2D eigenvalue weighted by Gasteiger charge is -2.20. The van der Waals surface area contributed by atoms with Crippen LogP contribution in [0.2, 0.25) is 0 Å². The summed E-state index contributed by atoms with van der Waals surface area (Å²) in [7, 11) is 1.53. The quantitative estimate of drug-likeness (QED) is 0.419. The molecule has 9 heteroatoms. The van der Waals surface area contributed by atoms with Crippen LogP contribution in [0.1, 0.15) is 17.2 Å². The maximum atomic E-state index is 12.7. The van der Waals surface area contributed by atoms with Crippen molar-refractivity contribution in [1.29, 1.82) is 0 Å². The number of carbonyl (C=O) groups is 2. The van der Waals surface area contributed by atoms with Crippen LogP contribution < -0.4 is 9.64 Å². The van der Waals surface area contributed by atoms with Gasteiger partial charge in [0.2, 0.25) is 5.13 Å². The predicted octanol–water partition coefficient (Wildman–Crippen LogP) is 2.77. The number of amides is 1. The summed E-state index contributed by atoms with van der Waals surface area (Å²) in [6.07, 6.45) is 2.86. The Kier molecular flexibility index (Phi) is 4.21. The average molecular weight is 383 g/mol. The Bertz CT molecular complexity index is 1010. The molecule has 1 N–H and O–H groups in total. The summed E-state index contributed by atoms with van der Waals surface area (Å²) < 4.78 is 10.2. The molecule has 8 nitrogen and oxygen atoms in total. The van der Waals surface area contributed by atoms with E-state index in [1.165, 1.54) is 30.0 Å². The molecule has 0 spiro atoms. The van der Waals surface area contributed by atoms with Crippen molar-refractivity contribution in [2.45, 2.75) is 6.04 Å². The number of hydrogen-bond acceptors (Lipinski definition) is 8. The van der Waals surface area contributed by atoms with Gasteiger partial charge in [0.05, 0.1) is 25.2 Å². The molecule has 1 aliphatic heterocycles. The minimum Gasteiger partial charge on any atom is -0.507 e. The van der Waals surface area contributed by atoms with Gasteiger partial charge in [-0.05, 0) is 30.3 Å². The molecule has 1 aromatic carbocycles. The second-order valence-electron chi connectivity index (χ2n) is 5.68. The Morgan fingerprint density at radius 2 is 2.04 bits per heavy atom. The van der Waals surface area contributed by atoms with Crippen LogP contribution in [0, 0.1) is 0 Å². The number of methoxy groups -OCH3 is 1. The summed E-state index contributed by atoms with van der Waals surface area (Å²) in [5.41, 5.74) is 2.35. The van der Waals surface area contributed by atoms with Crippen molar-refractivity contribution in [3.05, 3.63) is 65.1 Å². The lowest BCUT2D eigenvalue weighted by molar-refractivity contribution is -0.132. The van der Waals surface area contributed by atoms with E-state index in [4.69, 9.17) is 9.15 Å². The number of aliphatic hydroxyl groups excluding tert-OH is 1. The molecular formula is C18H13N3O5S. The molecule has 0 radical (unpaired) electrons. The number of nitrogens with zero attached hydrogens (tertiary/aromatic N) is 3. The number of ether oxygens (including phenoxy) is 1. The first-order chi connectivity index (χ1) is 13.1. The lowest BCUT2D eigenvalue weighted by Crippen LogP contribution is -2.29. The van der Waals surface area contributed by atoms with Gasteiger partial charge in [0.25, 0.3) is 5.78 Å². The SMILES string of the molecule is COc1ccc(/C(O)=C2\C(=O)C(=O)N(c3nncs3)C2c2ccoc2)cc1. The summed E-state index contributed by atoms with van der Waals surface area (Å²) in [6, 6.07) is 7.30. The van der Waals surface area contributed by atoms with E-state index in [9.17, 15) is 14.7 Å². The van der Waals surface area contributed by atoms with Crippen molar-refractivity contribution >= 4 is 33.9 Å². The van der Waals surface area contributed by atoms with E-state index in [1.54, 1.807) is 30.3 Å². The summed E-state index contributed by atoms with van der Waals surface area (Å²) >= 11 is 1.12. The van der Waals surface area contributed by atoms with Crippen LogP contribution in [0.3, 0.4) is 0 Å². The predicted molar refractivity (Wildman–Crippen MR) is 96.4 cm³/mol. The van der Waals surface area contributed by atoms with Crippen molar-refractivity contribution in [3.63, 3.8) is 0 Å². The van der Waals surface area contributed by atoms with Crippen LogP contribution in [-0.2, 0) is 9.59 Å². The zero-order valence-corrected chi connectivity index (χ0v) is 14.8. The van der Waals surface area contributed by atoms with Gasteiger partial charge in [-0.15, -0.1) is 10.2 Å². The number of ketones is 1. The summed E-state index contributed by atoms with van der Waals surface area (Å²) in [4.78, 5) is 26.6. The molecule has 1 unspecified atom stereocenters. The van der Waals surface area contributed by atoms with E-state index in [0.29, 0.717) is 16.9 Å². The first-order valence-corrected chi connectivity index (χ1v) is 8.73. The van der Waals surface area contributed by atoms with Gasteiger partial charge < -0.3 is 14.3 Å². The molecule has 3 heterocycles. The third kappa shape index (κ3) is 2.77. The first kappa shape index (κ1) is 17.0. The van der Waals surface area contributed by atoms with E-state index >= 15 is 0 Å². The maximum Gasteiger partial charge on any atom is 0.301 e. The molecule has 1 saturated heterocycles. The molecule has 0 aliphatic carbocycles. The van der Waals surface area contributed by atoms with Crippen LogP contribution in [0.25, 0.3) is 5.76 Å². The third-order valence-corrected chi connectivity index (χ3v) is 4.91. The lowest BCUT2D eigenvalue weighted by atomic mass is 9.97. The topological polar surface area (TPSA) is 106 Å². The zero-order chi connectivity index (χ0) is 19.0. The molecule has 136 valence electrons. The Hall–Kier alpha value is -3.46. The number of aromatic nitrogens is 2. The second kappa shape index (κ2) is 6.69. The van der Waals surface area contributed by atoms with Crippen LogP contribution in [0.5, 0.6) is 5.75 Å². The third-order valence-electron chi connectivity index (χ3n) is 4.22. The highest BCUT2D eigenvalue weighted by molar-refractivity contribution is 7.13. The molecule has 2 aromatic heterocycles. The minimum absolute atomic E-state index is 0.0400. The molecule has 0 bridgehead atoms. The number of rotatable bonds is 4. The fourth-order valence-corrected chi connectivity index (χ4v) is 3.54. The van der Waals surface area contributed by atoms with E-state index in [2.05, 4.69) is 10.2 Å². The monoisotopic (exact) mass is 383 g/mol. The van der Waals surface area contributed by atoms with Crippen LogP contribution in [-0.4, -0.2) is 34.1 Å². The molecule has 4 rings (SSSR count). The number of hydrogen-bond donors (Lipinski definition) is 1. The first-order valence-electron chi connectivity index (χ1n) is 7.85. The highest BCUT2D eigenvalue weighted by Crippen LogP contribution is 2.42. The Labute approximate surface area is 157 Å².